The topological polar surface area (TPSA) is 49.0 Å². The van der Waals surface area contributed by atoms with Crippen molar-refractivity contribution in [2.75, 3.05) is 13.1 Å². The molecule has 0 spiro atoms. The molecule has 1 heterocycles. The Hall–Kier alpha value is -1.68. The first-order valence-corrected chi connectivity index (χ1v) is 7.30. The molecule has 20 heavy (non-hydrogen) atoms. The van der Waals surface area contributed by atoms with E-state index in [2.05, 4.69) is 35.6 Å². The Morgan fingerprint density at radius 2 is 2.05 bits per heavy atom. The molecule has 1 aromatic carbocycles. The Bertz CT molecular complexity index is 618. The highest BCUT2D eigenvalue weighted by Gasteiger charge is 2.08. The van der Waals surface area contributed by atoms with E-state index in [0.29, 0.717) is 17.8 Å². The van der Waals surface area contributed by atoms with Gasteiger partial charge in [0.1, 0.15) is 5.82 Å². The number of para-hydroxylation sites is 1. The summed E-state index contributed by atoms with van der Waals surface area (Å²) in [5.41, 5.74) is 0.719. The van der Waals surface area contributed by atoms with Crippen LogP contribution >= 0.6 is 0 Å². The molecule has 108 valence electrons. The number of aromatic nitrogens is 2. The molecule has 0 saturated carbocycles. The van der Waals surface area contributed by atoms with Gasteiger partial charge in [-0.1, -0.05) is 32.9 Å². The van der Waals surface area contributed by atoms with Crippen molar-refractivity contribution in [3.05, 3.63) is 40.4 Å². The highest BCUT2D eigenvalue weighted by atomic mass is 16.1. The lowest BCUT2D eigenvalue weighted by atomic mass is 10.1. The van der Waals surface area contributed by atoms with Crippen LogP contribution < -0.4 is 5.56 Å². The molecule has 0 unspecified atom stereocenters. The van der Waals surface area contributed by atoms with Crippen LogP contribution in [0.4, 0.5) is 0 Å². The summed E-state index contributed by atoms with van der Waals surface area (Å²) in [5.74, 6) is 1.44. The van der Waals surface area contributed by atoms with Gasteiger partial charge >= 0.3 is 0 Å². The van der Waals surface area contributed by atoms with Gasteiger partial charge in [0.05, 0.1) is 17.4 Å². The number of fused-ring (bicyclic) bond motifs is 1. The maximum absolute atomic E-state index is 12.0. The molecule has 1 N–H and O–H groups in total. The van der Waals surface area contributed by atoms with Crippen molar-refractivity contribution < 1.29 is 0 Å². The molecule has 0 amide bonds. The zero-order valence-electron chi connectivity index (χ0n) is 12.5. The molecule has 2 rings (SSSR count). The molecule has 0 aliphatic carbocycles. The van der Waals surface area contributed by atoms with Gasteiger partial charge in [-0.15, -0.1) is 0 Å². The van der Waals surface area contributed by atoms with Gasteiger partial charge in [0.25, 0.3) is 5.56 Å². The fourth-order valence-corrected chi connectivity index (χ4v) is 2.21. The number of rotatable bonds is 6. The Kier molecular flexibility index (Phi) is 4.90. The third kappa shape index (κ3) is 3.67. The monoisotopic (exact) mass is 273 g/mol. The van der Waals surface area contributed by atoms with Crippen molar-refractivity contribution >= 4 is 10.9 Å². The first-order chi connectivity index (χ1) is 9.60. The molecule has 4 nitrogen and oxygen atoms in total. The van der Waals surface area contributed by atoms with Crippen LogP contribution in [0.15, 0.2) is 29.1 Å². The van der Waals surface area contributed by atoms with Crippen LogP contribution in [0.3, 0.4) is 0 Å². The van der Waals surface area contributed by atoms with E-state index in [1.807, 2.05) is 18.2 Å². The smallest absolute Gasteiger partial charge is 0.258 e. The van der Waals surface area contributed by atoms with Crippen LogP contribution in [-0.4, -0.2) is 28.0 Å². The molecule has 0 saturated heterocycles. The fraction of sp³-hybridized carbons (Fsp3) is 0.500. The van der Waals surface area contributed by atoms with Crippen LogP contribution in [-0.2, 0) is 6.54 Å². The van der Waals surface area contributed by atoms with Crippen molar-refractivity contribution in [2.45, 2.75) is 33.7 Å². The second-order valence-corrected chi connectivity index (χ2v) is 5.58. The number of H-pyrrole nitrogens is 1. The Labute approximate surface area is 119 Å². The molecule has 0 aliphatic heterocycles. The highest BCUT2D eigenvalue weighted by molar-refractivity contribution is 5.77. The molecule has 2 aromatic rings. The van der Waals surface area contributed by atoms with Gasteiger partial charge in [-0.2, -0.15) is 0 Å². The van der Waals surface area contributed by atoms with Crippen molar-refractivity contribution in [3.63, 3.8) is 0 Å². The minimum Gasteiger partial charge on any atom is -0.309 e. The third-order valence-electron chi connectivity index (χ3n) is 3.51. The van der Waals surface area contributed by atoms with Gasteiger partial charge in [-0.25, -0.2) is 4.98 Å². The normalized spacial score (nSPS) is 11.7. The summed E-state index contributed by atoms with van der Waals surface area (Å²) in [5, 5.41) is 0.654. The summed E-state index contributed by atoms with van der Waals surface area (Å²) < 4.78 is 0. The summed E-state index contributed by atoms with van der Waals surface area (Å²) in [6.45, 7) is 9.28. The van der Waals surface area contributed by atoms with Crippen molar-refractivity contribution in [1.29, 1.82) is 0 Å². The average Bonchev–Trinajstić information content (AvgIpc) is 2.43. The molecule has 0 aliphatic rings. The van der Waals surface area contributed by atoms with Gasteiger partial charge in [-0.05, 0) is 37.6 Å². The van der Waals surface area contributed by atoms with E-state index in [9.17, 15) is 4.79 Å². The predicted molar refractivity (Wildman–Crippen MR) is 82.8 cm³/mol. The second kappa shape index (κ2) is 6.66. The number of aromatic amines is 1. The second-order valence-electron chi connectivity index (χ2n) is 5.58. The predicted octanol–water partition coefficient (Wildman–Crippen LogP) is 2.79. The van der Waals surface area contributed by atoms with Crippen LogP contribution in [0.5, 0.6) is 0 Å². The molecule has 0 atom stereocenters. The first-order valence-electron chi connectivity index (χ1n) is 7.30. The van der Waals surface area contributed by atoms with E-state index in [0.717, 1.165) is 30.9 Å². The SMILES string of the molecule is CCN(CCC(C)C)Cc1nc2ccccc2c(=O)[nH]1. The van der Waals surface area contributed by atoms with Gasteiger partial charge < -0.3 is 4.98 Å². The maximum Gasteiger partial charge on any atom is 0.258 e. The van der Waals surface area contributed by atoms with Gasteiger partial charge in [0, 0.05) is 0 Å². The highest BCUT2D eigenvalue weighted by Crippen LogP contribution is 2.08. The number of benzene rings is 1. The number of hydrogen-bond donors (Lipinski definition) is 1. The van der Waals surface area contributed by atoms with E-state index in [-0.39, 0.29) is 5.56 Å². The van der Waals surface area contributed by atoms with Crippen molar-refractivity contribution in [2.24, 2.45) is 5.92 Å². The molecular weight excluding hydrogens is 250 g/mol. The molecule has 0 radical (unpaired) electrons. The lowest BCUT2D eigenvalue weighted by Crippen LogP contribution is -2.27. The standard InChI is InChI=1S/C16H23N3O/c1-4-19(10-9-12(2)3)11-15-17-14-8-6-5-7-13(14)16(20)18-15/h5-8,12H,4,9-11H2,1-3H3,(H,17,18,20). The lowest BCUT2D eigenvalue weighted by Gasteiger charge is -2.20. The number of hydrogen-bond acceptors (Lipinski definition) is 3. The number of nitrogens with one attached hydrogen (secondary N) is 1. The lowest BCUT2D eigenvalue weighted by molar-refractivity contribution is 0.256. The Morgan fingerprint density at radius 3 is 2.75 bits per heavy atom. The van der Waals surface area contributed by atoms with E-state index < -0.39 is 0 Å². The zero-order chi connectivity index (χ0) is 14.5. The van der Waals surface area contributed by atoms with Gasteiger partial charge in [0.2, 0.25) is 0 Å². The van der Waals surface area contributed by atoms with E-state index in [4.69, 9.17) is 0 Å². The summed E-state index contributed by atoms with van der Waals surface area (Å²) >= 11 is 0. The van der Waals surface area contributed by atoms with E-state index >= 15 is 0 Å². The molecule has 0 bridgehead atoms. The molecular formula is C16H23N3O. The quantitative estimate of drug-likeness (QED) is 0.880. The molecule has 0 fully saturated rings. The van der Waals surface area contributed by atoms with E-state index in [1.54, 1.807) is 6.07 Å². The maximum atomic E-state index is 12.0. The van der Waals surface area contributed by atoms with Crippen LogP contribution in [0.2, 0.25) is 0 Å². The Morgan fingerprint density at radius 1 is 1.30 bits per heavy atom. The molecule has 4 heteroatoms. The van der Waals surface area contributed by atoms with Gasteiger partial charge in [-0.3, -0.25) is 9.69 Å². The average molecular weight is 273 g/mol. The van der Waals surface area contributed by atoms with Crippen LogP contribution in [0.25, 0.3) is 10.9 Å². The minimum atomic E-state index is -0.0505. The summed E-state index contributed by atoms with van der Waals surface area (Å²) in [6.07, 6.45) is 1.16. The van der Waals surface area contributed by atoms with E-state index in [1.165, 1.54) is 0 Å². The van der Waals surface area contributed by atoms with Crippen LogP contribution in [0.1, 0.15) is 33.0 Å². The summed E-state index contributed by atoms with van der Waals surface area (Å²) in [4.78, 5) is 21.8. The summed E-state index contributed by atoms with van der Waals surface area (Å²) in [6, 6.07) is 7.47. The van der Waals surface area contributed by atoms with Crippen molar-refractivity contribution in [3.8, 4) is 0 Å². The third-order valence-corrected chi connectivity index (χ3v) is 3.51. The fourth-order valence-electron chi connectivity index (χ4n) is 2.21. The number of nitrogens with zero attached hydrogens (tertiary/aromatic N) is 2. The zero-order valence-corrected chi connectivity index (χ0v) is 12.5. The van der Waals surface area contributed by atoms with Crippen molar-refractivity contribution in [1.82, 2.24) is 14.9 Å². The van der Waals surface area contributed by atoms with Gasteiger partial charge in [0.15, 0.2) is 0 Å². The first kappa shape index (κ1) is 14.7. The summed E-state index contributed by atoms with van der Waals surface area (Å²) in [7, 11) is 0. The minimum absolute atomic E-state index is 0.0505. The largest absolute Gasteiger partial charge is 0.309 e. The molecule has 1 aromatic heterocycles. The van der Waals surface area contributed by atoms with Crippen LogP contribution in [0, 0.1) is 5.92 Å². The Balaban J connectivity index is 2.18.